The van der Waals surface area contributed by atoms with Gasteiger partial charge in [0.05, 0.1) is 11.1 Å². The van der Waals surface area contributed by atoms with Crippen LogP contribution < -0.4 is 9.64 Å². The fraction of sp³-hybridized carbons (Fsp3) is 0.0606. The molecule has 1 aliphatic heterocycles. The second kappa shape index (κ2) is 13.9. The maximum Gasteiger partial charge on any atom is 0.140 e. The molecule has 0 unspecified atom stereocenters. The van der Waals surface area contributed by atoms with Crippen molar-refractivity contribution in [3.05, 3.63) is 258 Å². The summed E-state index contributed by atoms with van der Waals surface area (Å²) < 4.78 is 13.6. The van der Waals surface area contributed by atoms with E-state index >= 15 is 0 Å². The number of furan rings is 1. The molecule has 0 atom stereocenters. The number of rotatable bonds is 4. The van der Waals surface area contributed by atoms with Crippen LogP contribution in [0, 0.1) is 0 Å². The standard InChI is InChI=1S/C66H43NO2/c1-65(2)53-21-10-8-20-51(53)62-56(65)23-13-24-59(62)67(44-31-26-40(27-32-44)43-28-34-50-49-19-9-12-25-60(49)68-61(50)38-43)45-33-37-55-52(39-45)48-18-7-11-22-54(48)66(55)57-35-29-41-14-3-5-16-46(41)63(57)69-64-47-17-6-4-15-42(47)30-36-58(64)66/h3-39H,1-2H3. The van der Waals surface area contributed by atoms with Gasteiger partial charge in [-0.15, -0.1) is 0 Å². The van der Waals surface area contributed by atoms with Gasteiger partial charge < -0.3 is 14.1 Å². The van der Waals surface area contributed by atoms with Gasteiger partial charge in [0, 0.05) is 55.0 Å². The summed E-state index contributed by atoms with van der Waals surface area (Å²) >= 11 is 0. The molecule has 1 aromatic heterocycles. The number of benzene rings is 11. The molecule has 0 radical (unpaired) electrons. The van der Waals surface area contributed by atoms with Gasteiger partial charge in [0.25, 0.3) is 0 Å². The topological polar surface area (TPSA) is 25.6 Å². The van der Waals surface area contributed by atoms with Crippen LogP contribution in [0.15, 0.2) is 229 Å². The molecule has 0 fully saturated rings. The first-order valence-corrected chi connectivity index (χ1v) is 24.0. The molecule has 0 amide bonds. The summed E-state index contributed by atoms with van der Waals surface area (Å²) in [5, 5.41) is 6.82. The van der Waals surface area contributed by atoms with Gasteiger partial charge in [-0.1, -0.05) is 190 Å². The van der Waals surface area contributed by atoms with Gasteiger partial charge in [-0.25, -0.2) is 0 Å². The molecule has 0 N–H and O–H groups in total. The molecule has 1 spiro atoms. The van der Waals surface area contributed by atoms with Crippen LogP contribution in [0.2, 0.25) is 0 Å². The lowest BCUT2D eigenvalue weighted by Gasteiger charge is -2.40. The number of hydrogen-bond donors (Lipinski definition) is 0. The van der Waals surface area contributed by atoms with Crippen LogP contribution in [0.1, 0.15) is 47.2 Å². The SMILES string of the molecule is CC1(C)c2ccccc2-c2c(N(c3ccc(-c4ccc5c(c4)oc4ccccc45)cc3)c3ccc4c(c3)-c3ccccc3C43c4ccc5ccccc5c4Oc4c3ccc3ccccc43)cccc21. The molecule has 3 nitrogen and oxygen atoms in total. The van der Waals surface area contributed by atoms with Crippen molar-refractivity contribution in [2.75, 3.05) is 4.90 Å². The molecular weight excluding hydrogens is 839 g/mol. The normalized spacial score (nSPS) is 14.3. The zero-order chi connectivity index (χ0) is 45.6. The van der Waals surface area contributed by atoms with Crippen LogP contribution >= 0.6 is 0 Å². The van der Waals surface area contributed by atoms with Crippen molar-refractivity contribution < 1.29 is 9.15 Å². The van der Waals surface area contributed by atoms with Crippen LogP contribution in [0.4, 0.5) is 17.1 Å². The van der Waals surface area contributed by atoms with Gasteiger partial charge in [-0.2, -0.15) is 0 Å². The van der Waals surface area contributed by atoms with Crippen molar-refractivity contribution in [3.63, 3.8) is 0 Å². The van der Waals surface area contributed by atoms with Crippen LogP contribution in [-0.2, 0) is 10.8 Å². The predicted molar refractivity (Wildman–Crippen MR) is 284 cm³/mol. The average Bonchev–Trinajstić information content (AvgIpc) is 4.00. The van der Waals surface area contributed by atoms with Crippen LogP contribution in [-0.4, -0.2) is 0 Å². The fourth-order valence-corrected chi connectivity index (χ4v) is 12.6. The molecule has 69 heavy (non-hydrogen) atoms. The summed E-state index contributed by atoms with van der Waals surface area (Å²) in [4.78, 5) is 2.49. The lowest BCUT2D eigenvalue weighted by molar-refractivity contribution is 0.447. The Morgan fingerprint density at radius 3 is 1.68 bits per heavy atom. The zero-order valence-corrected chi connectivity index (χ0v) is 38.1. The van der Waals surface area contributed by atoms with E-state index in [2.05, 4.69) is 231 Å². The summed E-state index contributed by atoms with van der Waals surface area (Å²) in [7, 11) is 0. The first-order valence-electron chi connectivity index (χ1n) is 24.0. The molecule has 12 aromatic rings. The van der Waals surface area contributed by atoms with Crippen molar-refractivity contribution >= 4 is 60.5 Å². The highest BCUT2D eigenvalue weighted by Crippen LogP contribution is 2.65. The molecule has 324 valence electrons. The van der Waals surface area contributed by atoms with E-state index < -0.39 is 5.41 Å². The molecule has 2 heterocycles. The van der Waals surface area contributed by atoms with E-state index in [0.29, 0.717) is 0 Å². The maximum absolute atomic E-state index is 7.25. The third-order valence-corrected chi connectivity index (χ3v) is 15.7. The Morgan fingerprint density at radius 2 is 0.928 bits per heavy atom. The minimum Gasteiger partial charge on any atom is -0.456 e. The number of hydrogen-bond acceptors (Lipinski definition) is 3. The van der Waals surface area contributed by atoms with Crippen molar-refractivity contribution in [2.45, 2.75) is 24.7 Å². The summed E-state index contributed by atoms with van der Waals surface area (Å²) in [5.41, 5.74) is 19.1. The molecule has 11 aromatic carbocycles. The van der Waals surface area contributed by atoms with Crippen molar-refractivity contribution in [2.24, 2.45) is 0 Å². The molecule has 0 bridgehead atoms. The largest absolute Gasteiger partial charge is 0.456 e. The van der Waals surface area contributed by atoms with Gasteiger partial charge in [0.1, 0.15) is 22.7 Å². The minimum absolute atomic E-state index is 0.159. The lowest BCUT2D eigenvalue weighted by Crippen LogP contribution is -2.32. The third-order valence-electron chi connectivity index (χ3n) is 15.7. The van der Waals surface area contributed by atoms with Gasteiger partial charge in [-0.3, -0.25) is 0 Å². The monoisotopic (exact) mass is 881 g/mol. The molecule has 3 heteroatoms. The predicted octanol–water partition coefficient (Wildman–Crippen LogP) is 17.8. The van der Waals surface area contributed by atoms with Crippen molar-refractivity contribution in [1.29, 1.82) is 0 Å². The Kier molecular flexibility index (Phi) is 7.77. The van der Waals surface area contributed by atoms with E-state index in [4.69, 9.17) is 9.15 Å². The number of para-hydroxylation sites is 1. The molecule has 0 saturated carbocycles. The van der Waals surface area contributed by atoms with E-state index in [0.717, 1.165) is 94.3 Å². The fourth-order valence-electron chi connectivity index (χ4n) is 12.6. The Morgan fingerprint density at radius 1 is 0.362 bits per heavy atom. The summed E-state index contributed by atoms with van der Waals surface area (Å²) in [6.45, 7) is 4.72. The quantitative estimate of drug-likeness (QED) is 0.176. The zero-order valence-electron chi connectivity index (χ0n) is 38.1. The van der Waals surface area contributed by atoms with Crippen molar-refractivity contribution in [1.82, 2.24) is 0 Å². The highest BCUT2D eigenvalue weighted by Gasteiger charge is 2.52. The maximum atomic E-state index is 7.25. The first kappa shape index (κ1) is 38.4. The second-order valence-electron chi connectivity index (χ2n) is 19.5. The minimum atomic E-state index is -0.633. The second-order valence-corrected chi connectivity index (χ2v) is 19.5. The van der Waals surface area contributed by atoms with E-state index in [1.807, 2.05) is 12.1 Å². The molecule has 0 saturated heterocycles. The van der Waals surface area contributed by atoms with Gasteiger partial charge >= 0.3 is 0 Å². The molecular formula is C66H43NO2. The molecule has 3 aliphatic rings. The van der Waals surface area contributed by atoms with Crippen LogP contribution in [0.25, 0.3) is 76.9 Å². The summed E-state index contributed by atoms with van der Waals surface area (Å²) in [5.74, 6) is 1.84. The van der Waals surface area contributed by atoms with Crippen LogP contribution in [0.5, 0.6) is 11.5 Å². The lowest BCUT2D eigenvalue weighted by atomic mass is 9.65. The van der Waals surface area contributed by atoms with Gasteiger partial charge in [-0.05, 0) is 109 Å². The number of anilines is 3. The Hall–Kier alpha value is -8.66. The van der Waals surface area contributed by atoms with Gasteiger partial charge in [0.2, 0.25) is 0 Å². The Labute approximate surface area is 400 Å². The van der Waals surface area contributed by atoms with E-state index in [9.17, 15) is 0 Å². The highest BCUT2D eigenvalue weighted by atomic mass is 16.5. The smallest absolute Gasteiger partial charge is 0.140 e. The summed E-state index contributed by atoms with van der Waals surface area (Å²) in [6.07, 6.45) is 0. The first-order chi connectivity index (χ1) is 34.0. The number of fused-ring (bicyclic) bond motifs is 19. The molecule has 15 rings (SSSR count). The third kappa shape index (κ3) is 5.17. The Balaban J connectivity index is 0.965. The average molecular weight is 882 g/mol. The van der Waals surface area contributed by atoms with E-state index in [1.165, 1.54) is 44.5 Å². The van der Waals surface area contributed by atoms with Crippen LogP contribution in [0.3, 0.4) is 0 Å². The van der Waals surface area contributed by atoms with Gasteiger partial charge in [0.15, 0.2) is 0 Å². The van der Waals surface area contributed by atoms with E-state index in [1.54, 1.807) is 0 Å². The highest BCUT2D eigenvalue weighted by molar-refractivity contribution is 6.06. The summed E-state index contributed by atoms with van der Waals surface area (Å²) in [6, 6.07) is 82.5. The Bertz CT molecular complexity index is 4070. The number of nitrogens with zero attached hydrogens (tertiary/aromatic N) is 1. The van der Waals surface area contributed by atoms with Crippen molar-refractivity contribution in [3.8, 4) is 44.9 Å². The molecule has 2 aliphatic carbocycles. The van der Waals surface area contributed by atoms with E-state index in [-0.39, 0.29) is 5.41 Å². The number of ether oxygens (including phenoxy) is 1.